The van der Waals surface area contributed by atoms with Gasteiger partial charge in [-0.05, 0) is 49.4 Å². The Labute approximate surface area is 143 Å². The van der Waals surface area contributed by atoms with Crippen LogP contribution < -0.4 is 5.32 Å². The highest BCUT2D eigenvalue weighted by atomic mass is 19.1. The number of hydrogen-bond donors (Lipinski definition) is 1. The van der Waals surface area contributed by atoms with Gasteiger partial charge < -0.3 is 5.32 Å². The van der Waals surface area contributed by atoms with E-state index in [9.17, 15) is 9.18 Å². The number of aromatic nitrogens is 2. The molecule has 0 aliphatic rings. The first-order valence-electron chi connectivity index (χ1n) is 8.42. The Morgan fingerprint density at radius 2 is 1.79 bits per heavy atom. The number of carbonyl (C=O) groups excluding carboxylic acids is 1. The van der Waals surface area contributed by atoms with Gasteiger partial charge in [-0.1, -0.05) is 27.7 Å². The third-order valence-electron chi connectivity index (χ3n) is 3.76. The van der Waals surface area contributed by atoms with Crippen LogP contribution in [0.5, 0.6) is 0 Å². The minimum atomic E-state index is -0.291. The third-order valence-corrected chi connectivity index (χ3v) is 3.76. The zero-order valence-corrected chi connectivity index (χ0v) is 15.1. The van der Waals surface area contributed by atoms with Crippen molar-refractivity contribution >= 4 is 5.91 Å². The summed E-state index contributed by atoms with van der Waals surface area (Å²) in [4.78, 5) is 12.6. The fraction of sp³-hybridized carbons (Fsp3) is 0.474. The molecule has 1 N–H and O–H groups in total. The van der Waals surface area contributed by atoms with Crippen LogP contribution in [-0.2, 0) is 6.42 Å². The minimum Gasteiger partial charge on any atom is -0.352 e. The standard InChI is InChI=1S/C19H26FN3O/c1-12(2)10-17-18(19(24)21-11-13(3)4)14(5)23(22-17)16-8-6-15(20)7-9-16/h6-9,12-13H,10-11H2,1-5H3,(H,21,24). The number of carbonyl (C=O) groups is 1. The minimum absolute atomic E-state index is 0.0924. The van der Waals surface area contributed by atoms with Crippen molar-refractivity contribution in [2.75, 3.05) is 6.54 Å². The number of nitrogens with zero attached hydrogens (tertiary/aromatic N) is 2. The summed E-state index contributed by atoms with van der Waals surface area (Å²) < 4.78 is 14.9. The molecule has 0 atom stereocenters. The number of hydrogen-bond acceptors (Lipinski definition) is 2. The van der Waals surface area contributed by atoms with E-state index in [2.05, 4.69) is 38.1 Å². The van der Waals surface area contributed by atoms with Gasteiger partial charge in [0, 0.05) is 6.54 Å². The van der Waals surface area contributed by atoms with Crippen molar-refractivity contribution in [2.45, 2.75) is 41.0 Å². The van der Waals surface area contributed by atoms with Crippen LogP contribution in [0.25, 0.3) is 5.69 Å². The lowest BCUT2D eigenvalue weighted by Crippen LogP contribution is -2.28. The van der Waals surface area contributed by atoms with E-state index in [1.807, 2.05) is 6.92 Å². The summed E-state index contributed by atoms with van der Waals surface area (Å²) in [6, 6.07) is 6.14. The van der Waals surface area contributed by atoms with E-state index < -0.39 is 0 Å². The Kier molecular flexibility index (Phi) is 5.75. The molecule has 5 heteroatoms. The lowest BCUT2D eigenvalue weighted by molar-refractivity contribution is 0.0947. The molecule has 130 valence electrons. The van der Waals surface area contributed by atoms with Crippen molar-refractivity contribution < 1.29 is 9.18 Å². The maximum Gasteiger partial charge on any atom is 0.255 e. The average molecular weight is 331 g/mol. The largest absolute Gasteiger partial charge is 0.352 e. The van der Waals surface area contributed by atoms with Crippen LogP contribution in [0.2, 0.25) is 0 Å². The van der Waals surface area contributed by atoms with Crippen molar-refractivity contribution in [1.29, 1.82) is 0 Å². The lowest BCUT2D eigenvalue weighted by Gasteiger charge is -2.09. The number of halogens is 1. The van der Waals surface area contributed by atoms with Crippen molar-refractivity contribution in [2.24, 2.45) is 11.8 Å². The Bertz CT molecular complexity index is 702. The maximum atomic E-state index is 13.2. The van der Waals surface area contributed by atoms with Gasteiger partial charge in [-0.15, -0.1) is 0 Å². The van der Waals surface area contributed by atoms with E-state index in [1.54, 1.807) is 16.8 Å². The zero-order valence-electron chi connectivity index (χ0n) is 15.1. The normalized spacial score (nSPS) is 11.3. The van der Waals surface area contributed by atoms with Crippen LogP contribution in [0, 0.1) is 24.6 Å². The molecule has 0 unspecified atom stereocenters. The van der Waals surface area contributed by atoms with Crippen LogP contribution in [-0.4, -0.2) is 22.2 Å². The van der Waals surface area contributed by atoms with Gasteiger partial charge in [0.2, 0.25) is 0 Å². The van der Waals surface area contributed by atoms with Crippen LogP contribution in [0.15, 0.2) is 24.3 Å². The summed E-state index contributed by atoms with van der Waals surface area (Å²) in [5.74, 6) is 0.388. The summed E-state index contributed by atoms with van der Waals surface area (Å²) in [5, 5.41) is 7.61. The van der Waals surface area contributed by atoms with Gasteiger partial charge in [0.05, 0.1) is 22.6 Å². The fourth-order valence-corrected chi connectivity index (χ4v) is 2.60. The van der Waals surface area contributed by atoms with Crippen LogP contribution in [0.4, 0.5) is 4.39 Å². The Hall–Kier alpha value is -2.17. The monoisotopic (exact) mass is 331 g/mol. The molecule has 4 nitrogen and oxygen atoms in total. The van der Waals surface area contributed by atoms with Crippen molar-refractivity contribution in [3.63, 3.8) is 0 Å². The average Bonchev–Trinajstić information content (AvgIpc) is 2.81. The highest BCUT2D eigenvalue weighted by Crippen LogP contribution is 2.21. The molecule has 1 aromatic heterocycles. The van der Waals surface area contributed by atoms with Crippen molar-refractivity contribution in [3.8, 4) is 5.69 Å². The second kappa shape index (κ2) is 7.60. The Morgan fingerprint density at radius 3 is 2.33 bits per heavy atom. The SMILES string of the molecule is Cc1c(C(=O)NCC(C)C)c(CC(C)C)nn1-c1ccc(F)cc1. The number of nitrogens with one attached hydrogen (secondary N) is 1. The summed E-state index contributed by atoms with van der Waals surface area (Å²) in [6.07, 6.45) is 0.722. The van der Waals surface area contributed by atoms with E-state index in [0.29, 0.717) is 23.9 Å². The Balaban J connectivity index is 2.43. The summed E-state index contributed by atoms with van der Waals surface area (Å²) in [5.41, 5.74) is 2.95. The fourth-order valence-electron chi connectivity index (χ4n) is 2.60. The molecule has 1 aromatic carbocycles. The molecule has 0 spiro atoms. The quantitative estimate of drug-likeness (QED) is 0.872. The topological polar surface area (TPSA) is 46.9 Å². The highest BCUT2D eigenvalue weighted by molar-refractivity contribution is 5.96. The summed E-state index contributed by atoms with van der Waals surface area (Å²) >= 11 is 0. The molecular formula is C19H26FN3O. The molecular weight excluding hydrogens is 305 g/mol. The number of amides is 1. The van der Waals surface area contributed by atoms with Gasteiger partial charge in [0.1, 0.15) is 5.82 Å². The first-order chi connectivity index (χ1) is 11.3. The molecule has 0 saturated heterocycles. The van der Waals surface area contributed by atoms with Gasteiger partial charge >= 0.3 is 0 Å². The van der Waals surface area contributed by atoms with Gasteiger partial charge in [-0.2, -0.15) is 5.10 Å². The van der Waals surface area contributed by atoms with Crippen molar-refractivity contribution in [1.82, 2.24) is 15.1 Å². The van der Waals surface area contributed by atoms with Gasteiger partial charge in [-0.25, -0.2) is 9.07 Å². The van der Waals surface area contributed by atoms with E-state index in [-0.39, 0.29) is 11.7 Å². The van der Waals surface area contributed by atoms with E-state index in [1.165, 1.54) is 12.1 Å². The van der Waals surface area contributed by atoms with Crippen LogP contribution in [0.3, 0.4) is 0 Å². The molecule has 1 amide bonds. The predicted molar refractivity (Wildman–Crippen MR) is 94.0 cm³/mol. The van der Waals surface area contributed by atoms with Crippen LogP contribution >= 0.6 is 0 Å². The number of rotatable bonds is 6. The summed E-state index contributed by atoms with van der Waals surface area (Å²) in [7, 11) is 0. The second-order valence-corrected chi connectivity index (χ2v) is 7.00. The molecule has 0 saturated carbocycles. The lowest BCUT2D eigenvalue weighted by atomic mass is 10.0. The van der Waals surface area contributed by atoms with E-state index in [0.717, 1.165) is 23.5 Å². The molecule has 0 aliphatic heterocycles. The molecule has 2 aromatic rings. The smallest absolute Gasteiger partial charge is 0.255 e. The second-order valence-electron chi connectivity index (χ2n) is 7.00. The first kappa shape index (κ1) is 18.2. The third kappa shape index (κ3) is 4.22. The number of benzene rings is 1. The first-order valence-corrected chi connectivity index (χ1v) is 8.42. The molecule has 1 heterocycles. The van der Waals surface area contributed by atoms with Gasteiger partial charge in [0.15, 0.2) is 0 Å². The molecule has 24 heavy (non-hydrogen) atoms. The van der Waals surface area contributed by atoms with E-state index >= 15 is 0 Å². The highest BCUT2D eigenvalue weighted by Gasteiger charge is 2.22. The maximum absolute atomic E-state index is 13.2. The Morgan fingerprint density at radius 1 is 1.17 bits per heavy atom. The van der Waals surface area contributed by atoms with Gasteiger partial charge in [0.25, 0.3) is 5.91 Å². The summed E-state index contributed by atoms with van der Waals surface area (Å²) in [6.45, 7) is 10.8. The molecule has 0 radical (unpaired) electrons. The van der Waals surface area contributed by atoms with Crippen LogP contribution in [0.1, 0.15) is 49.4 Å². The molecule has 0 fully saturated rings. The van der Waals surface area contributed by atoms with Crippen molar-refractivity contribution in [3.05, 3.63) is 47.0 Å². The molecule has 2 rings (SSSR count). The zero-order chi connectivity index (χ0) is 17.9. The van der Waals surface area contributed by atoms with E-state index in [4.69, 9.17) is 0 Å². The van der Waals surface area contributed by atoms with Gasteiger partial charge in [-0.3, -0.25) is 4.79 Å². The molecule has 0 aliphatic carbocycles. The predicted octanol–water partition coefficient (Wildman–Crippen LogP) is 3.90. The molecule has 0 bridgehead atoms.